The summed E-state index contributed by atoms with van der Waals surface area (Å²) in [6, 6.07) is 15.2. The van der Waals surface area contributed by atoms with Gasteiger partial charge < -0.3 is 14.5 Å². The minimum absolute atomic E-state index is 0.00313. The Morgan fingerprint density at radius 3 is 2.82 bits per heavy atom. The molecule has 2 heterocycles. The molecule has 1 atom stereocenters. The zero-order valence-corrected chi connectivity index (χ0v) is 16.6. The van der Waals surface area contributed by atoms with E-state index in [4.69, 9.17) is 4.74 Å². The number of carbonyl (C=O) groups is 2. The second-order valence-corrected chi connectivity index (χ2v) is 7.81. The van der Waals surface area contributed by atoms with Crippen LogP contribution in [-0.2, 0) is 9.59 Å². The van der Waals surface area contributed by atoms with E-state index < -0.39 is 0 Å². The minimum Gasteiger partial charge on any atom is -0.482 e. The third-order valence-corrected chi connectivity index (χ3v) is 6.21. The Bertz CT molecular complexity index is 999. The smallest absolute Gasteiger partial charge is 0.265 e. The predicted molar refractivity (Wildman–Crippen MR) is 110 cm³/mol. The van der Waals surface area contributed by atoms with E-state index in [-0.39, 0.29) is 30.9 Å². The standard InChI is InChI=1S/C21H21N3O3S/c1-14(21-22-15-7-3-6-10-18(15)28-21)23(2)19(25)11-12-24-16-8-4-5-9-17(16)27-13-20(24)26/h3-10,14H,11-13H2,1-2H3/t14-/m1/s1. The maximum atomic E-state index is 12.8. The monoisotopic (exact) mass is 395 g/mol. The zero-order valence-electron chi connectivity index (χ0n) is 15.8. The lowest BCUT2D eigenvalue weighted by Crippen LogP contribution is -2.41. The zero-order chi connectivity index (χ0) is 19.7. The van der Waals surface area contributed by atoms with E-state index in [9.17, 15) is 9.59 Å². The molecule has 1 aliphatic rings. The number of aromatic nitrogens is 1. The molecular weight excluding hydrogens is 374 g/mol. The van der Waals surface area contributed by atoms with Crippen LogP contribution in [0.5, 0.6) is 5.75 Å². The summed E-state index contributed by atoms with van der Waals surface area (Å²) in [6.07, 6.45) is 0.242. The molecule has 6 nitrogen and oxygen atoms in total. The molecule has 3 aromatic rings. The van der Waals surface area contributed by atoms with Crippen molar-refractivity contribution in [3.05, 3.63) is 53.5 Å². The number of ether oxygens (including phenoxy) is 1. The maximum Gasteiger partial charge on any atom is 0.265 e. The first-order valence-corrected chi connectivity index (χ1v) is 9.99. The van der Waals surface area contributed by atoms with Crippen LogP contribution in [0.1, 0.15) is 24.4 Å². The van der Waals surface area contributed by atoms with Crippen molar-refractivity contribution in [1.29, 1.82) is 0 Å². The van der Waals surface area contributed by atoms with Gasteiger partial charge in [-0.3, -0.25) is 9.59 Å². The molecule has 0 N–H and O–H groups in total. The van der Waals surface area contributed by atoms with Gasteiger partial charge in [-0.25, -0.2) is 4.98 Å². The third kappa shape index (κ3) is 3.45. The Morgan fingerprint density at radius 1 is 1.25 bits per heavy atom. The van der Waals surface area contributed by atoms with Crippen LogP contribution in [-0.4, -0.2) is 41.9 Å². The molecule has 0 unspecified atom stereocenters. The lowest BCUT2D eigenvalue weighted by molar-refractivity contribution is -0.131. The lowest BCUT2D eigenvalue weighted by Gasteiger charge is -2.30. The van der Waals surface area contributed by atoms with Gasteiger partial charge in [0.15, 0.2) is 6.61 Å². The predicted octanol–water partition coefficient (Wildman–Crippen LogP) is 3.63. The second kappa shape index (κ2) is 7.59. The Labute approximate surface area is 167 Å². The number of thiazole rings is 1. The molecule has 1 aromatic heterocycles. The summed E-state index contributed by atoms with van der Waals surface area (Å²) in [7, 11) is 1.79. The van der Waals surface area contributed by atoms with Crippen molar-refractivity contribution in [3.8, 4) is 5.75 Å². The van der Waals surface area contributed by atoms with Gasteiger partial charge in [-0.2, -0.15) is 0 Å². The number of rotatable bonds is 5. The van der Waals surface area contributed by atoms with E-state index in [1.807, 2.05) is 55.5 Å². The summed E-state index contributed by atoms with van der Waals surface area (Å²) >= 11 is 1.60. The van der Waals surface area contributed by atoms with Gasteiger partial charge in [0.05, 0.1) is 21.9 Å². The third-order valence-electron chi connectivity index (χ3n) is 5.00. The highest BCUT2D eigenvalue weighted by Crippen LogP contribution is 2.32. The molecular formula is C21H21N3O3S. The Hall–Kier alpha value is -2.93. The number of hydrogen-bond donors (Lipinski definition) is 0. The van der Waals surface area contributed by atoms with Gasteiger partial charge in [0.2, 0.25) is 5.91 Å². The van der Waals surface area contributed by atoms with Crippen LogP contribution in [0, 0.1) is 0 Å². The van der Waals surface area contributed by atoms with Gasteiger partial charge in [-0.1, -0.05) is 24.3 Å². The molecule has 2 aromatic carbocycles. The number of benzene rings is 2. The first kappa shape index (κ1) is 18.4. The molecule has 144 valence electrons. The molecule has 0 radical (unpaired) electrons. The van der Waals surface area contributed by atoms with Crippen molar-refractivity contribution in [2.24, 2.45) is 0 Å². The largest absolute Gasteiger partial charge is 0.482 e. The van der Waals surface area contributed by atoms with Crippen LogP contribution < -0.4 is 9.64 Å². The summed E-state index contributed by atoms with van der Waals surface area (Å²) in [4.78, 5) is 33.0. The van der Waals surface area contributed by atoms with Crippen LogP contribution in [0.3, 0.4) is 0 Å². The highest BCUT2D eigenvalue weighted by molar-refractivity contribution is 7.18. The highest BCUT2D eigenvalue weighted by atomic mass is 32.1. The number of amides is 2. The van der Waals surface area contributed by atoms with Crippen molar-refractivity contribution in [2.75, 3.05) is 25.1 Å². The van der Waals surface area contributed by atoms with Crippen molar-refractivity contribution in [1.82, 2.24) is 9.88 Å². The molecule has 0 fully saturated rings. The van der Waals surface area contributed by atoms with E-state index in [1.54, 1.807) is 28.2 Å². The van der Waals surface area contributed by atoms with Crippen molar-refractivity contribution < 1.29 is 14.3 Å². The number of fused-ring (bicyclic) bond motifs is 2. The topological polar surface area (TPSA) is 62.7 Å². The summed E-state index contributed by atoms with van der Waals surface area (Å²) < 4.78 is 6.56. The Balaban J connectivity index is 1.44. The van der Waals surface area contributed by atoms with E-state index in [0.717, 1.165) is 15.2 Å². The average molecular weight is 395 g/mol. The summed E-state index contributed by atoms with van der Waals surface area (Å²) in [5.74, 6) is 0.516. The van der Waals surface area contributed by atoms with Gasteiger partial charge in [0, 0.05) is 20.0 Å². The maximum absolute atomic E-state index is 12.8. The normalized spacial score (nSPS) is 14.5. The van der Waals surface area contributed by atoms with Gasteiger partial charge in [0.1, 0.15) is 10.8 Å². The van der Waals surface area contributed by atoms with Crippen LogP contribution in [0.4, 0.5) is 5.69 Å². The SMILES string of the molecule is C[C@H](c1nc2ccccc2s1)N(C)C(=O)CCN1C(=O)COc2ccccc21. The van der Waals surface area contributed by atoms with Crippen LogP contribution in [0.2, 0.25) is 0 Å². The van der Waals surface area contributed by atoms with E-state index in [1.165, 1.54) is 0 Å². The lowest BCUT2D eigenvalue weighted by atomic mass is 10.2. The molecule has 4 rings (SSSR count). The minimum atomic E-state index is -0.131. The number of nitrogens with zero attached hydrogens (tertiary/aromatic N) is 3. The highest BCUT2D eigenvalue weighted by Gasteiger charge is 2.27. The molecule has 1 aliphatic heterocycles. The fourth-order valence-corrected chi connectivity index (χ4v) is 4.30. The number of hydrogen-bond acceptors (Lipinski definition) is 5. The summed E-state index contributed by atoms with van der Waals surface area (Å²) in [5, 5.41) is 0.907. The fraction of sp³-hybridized carbons (Fsp3) is 0.286. The molecule has 2 amide bonds. The molecule has 0 saturated carbocycles. The van der Waals surface area contributed by atoms with Crippen LogP contribution >= 0.6 is 11.3 Å². The van der Waals surface area contributed by atoms with Crippen molar-refractivity contribution in [3.63, 3.8) is 0 Å². The van der Waals surface area contributed by atoms with Gasteiger partial charge >= 0.3 is 0 Å². The van der Waals surface area contributed by atoms with E-state index in [0.29, 0.717) is 18.0 Å². The summed E-state index contributed by atoms with van der Waals surface area (Å²) in [5.41, 5.74) is 1.67. The second-order valence-electron chi connectivity index (χ2n) is 6.75. The van der Waals surface area contributed by atoms with E-state index in [2.05, 4.69) is 4.98 Å². The molecule has 0 aliphatic carbocycles. The van der Waals surface area contributed by atoms with Gasteiger partial charge in [-0.05, 0) is 31.2 Å². The number of anilines is 1. The first-order chi connectivity index (χ1) is 13.5. The quantitative estimate of drug-likeness (QED) is 0.662. The molecule has 7 heteroatoms. The number of para-hydroxylation sites is 3. The Morgan fingerprint density at radius 2 is 2.00 bits per heavy atom. The van der Waals surface area contributed by atoms with Gasteiger partial charge in [-0.15, -0.1) is 11.3 Å². The molecule has 28 heavy (non-hydrogen) atoms. The van der Waals surface area contributed by atoms with Crippen LogP contribution in [0.15, 0.2) is 48.5 Å². The molecule has 0 spiro atoms. The van der Waals surface area contributed by atoms with Crippen molar-refractivity contribution >= 4 is 39.1 Å². The fourth-order valence-electron chi connectivity index (χ4n) is 3.23. The molecule has 0 saturated heterocycles. The van der Waals surface area contributed by atoms with E-state index >= 15 is 0 Å². The summed E-state index contributed by atoms with van der Waals surface area (Å²) in [6.45, 7) is 2.31. The van der Waals surface area contributed by atoms with Crippen molar-refractivity contribution in [2.45, 2.75) is 19.4 Å². The number of carbonyl (C=O) groups excluding carboxylic acids is 2. The van der Waals surface area contributed by atoms with Crippen LogP contribution in [0.25, 0.3) is 10.2 Å². The first-order valence-electron chi connectivity index (χ1n) is 9.18. The molecule has 0 bridgehead atoms. The average Bonchev–Trinajstić information content (AvgIpc) is 3.16. The Kier molecular flexibility index (Phi) is 5.00. The van der Waals surface area contributed by atoms with Gasteiger partial charge in [0.25, 0.3) is 5.91 Å².